The van der Waals surface area contributed by atoms with Crippen molar-refractivity contribution in [3.63, 3.8) is 0 Å². The Morgan fingerprint density at radius 2 is 2.04 bits per heavy atom. The van der Waals surface area contributed by atoms with E-state index in [9.17, 15) is 9.18 Å². The maximum absolute atomic E-state index is 13.2. The average Bonchev–Trinajstić information content (AvgIpc) is 3.08. The van der Waals surface area contributed by atoms with Crippen molar-refractivity contribution in [1.82, 2.24) is 10.6 Å². The van der Waals surface area contributed by atoms with Crippen molar-refractivity contribution in [3.8, 4) is 0 Å². The van der Waals surface area contributed by atoms with E-state index < -0.39 is 0 Å². The fraction of sp³-hybridized carbons (Fsp3) is 0.318. The molecule has 3 aromatic rings. The molecule has 1 saturated heterocycles. The third-order valence-corrected chi connectivity index (χ3v) is 6.24. The number of fused-ring (bicyclic) bond motifs is 1. The van der Waals surface area contributed by atoms with Crippen molar-refractivity contribution in [3.05, 3.63) is 65.7 Å². The lowest BCUT2D eigenvalue weighted by atomic mass is 9.95. The summed E-state index contributed by atoms with van der Waals surface area (Å²) in [4.78, 5) is 14.0. The summed E-state index contributed by atoms with van der Waals surface area (Å²) in [5.41, 5.74) is 1.59. The number of hydrogen-bond acceptors (Lipinski definition) is 4. The topological polar surface area (TPSA) is 54.3 Å². The normalized spacial score (nSPS) is 19.6. The van der Waals surface area contributed by atoms with Crippen LogP contribution in [0.4, 0.5) is 4.39 Å². The van der Waals surface area contributed by atoms with E-state index in [-0.39, 0.29) is 17.8 Å². The molecule has 1 amide bonds. The predicted octanol–water partition coefficient (Wildman–Crippen LogP) is 4.59. The second kappa shape index (κ2) is 8.37. The molecule has 1 fully saturated rings. The van der Waals surface area contributed by atoms with Gasteiger partial charge in [-0.15, -0.1) is 11.8 Å². The van der Waals surface area contributed by atoms with E-state index in [1.54, 1.807) is 23.9 Å². The molecule has 0 spiro atoms. The van der Waals surface area contributed by atoms with Gasteiger partial charge in [-0.05, 0) is 55.8 Å². The van der Waals surface area contributed by atoms with Crippen LogP contribution in [-0.4, -0.2) is 25.0 Å². The summed E-state index contributed by atoms with van der Waals surface area (Å²) in [7, 11) is 0. The molecule has 4 nitrogen and oxygen atoms in total. The third-order valence-electron chi connectivity index (χ3n) is 5.20. The van der Waals surface area contributed by atoms with Crippen molar-refractivity contribution >= 4 is 28.6 Å². The summed E-state index contributed by atoms with van der Waals surface area (Å²) in [6.07, 6.45) is 0.910. The van der Waals surface area contributed by atoms with E-state index in [2.05, 4.69) is 17.6 Å². The lowest BCUT2D eigenvalue weighted by Gasteiger charge is -2.30. The summed E-state index contributed by atoms with van der Waals surface area (Å²) in [5.74, 6) is 0.910. The summed E-state index contributed by atoms with van der Waals surface area (Å²) in [6, 6.07) is 14.2. The Bertz CT molecular complexity index is 970. The Hall–Kier alpha value is -2.31. The van der Waals surface area contributed by atoms with Crippen molar-refractivity contribution in [1.29, 1.82) is 0 Å². The van der Waals surface area contributed by atoms with Crippen LogP contribution >= 0.6 is 11.8 Å². The van der Waals surface area contributed by atoms with Crippen LogP contribution in [0.1, 0.15) is 29.5 Å². The summed E-state index contributed by atoms with van der Waals surface area (Å²) in [6.45, 7) is 3.95. The molecule has 0 radical (unpaired) electrons. The minimum absolute atomic E-state index is 0.138. The van der Waals surface area contributed by atoms with E-state index in [0.717, 1.165) is 35.4 Å². The van der Waals surface area contributed by atoms with E-state index in [4.69, 9.17) is 4.42 Å². The molecule has 0 bridgehead atoms. The standard InChI is InChI=1S/C22H23FN2O2S/c1-14-12-24-11-10-19(14)25-22(26)21-18(17-4-2-3-5-20(17)27-21)13-28-16-8-6-15(23)7-9-16/h2-9,14,19,24H,10-13H2,1H3,(H,25,26). The number of benzene rings is 2. The van der Waals surface area contributed by atoms with Gasteiger partial charge in [-0.25, -0.2) is 4.39 Å². The number of halogens is 1. The van der Waals surface area contributed by atoms with Crippen molar-refractivity contribution < 1.29 is 13.6 Å². The molecule has 146 valence electrons. The molecule has 1 aliphatic rings. The molecule has 1 aliphatic heterocycles. The number of amides is 1. The number of thioether (sulfide) groups is 1. The van der Waals surface area contributed by atoms with Gasteiger partial charge in [-0.2, -0.15) is 0 Å². The Morgan fingerprint density at radius 3 is 2.82 bits per heavy atom. The molecule has 28 heavy (non-hydrogen) atoms. The van der Waals surface area contributed by atoms with Gasteiger partial charge < -0.3 is 15.1 Å². The van der Waals surface area contributed by atoms with Crippen molar-refractivity contribution in [2.75, 3.05) is 13.1 Å². The summed E-state index contributed by atoms with van der Waals surface area (Å²) >= 11 is 1.56. The fourth-order valence-corrected chi connectivity index (χ4v) is 4.50. The number of piperidine rings is 1. The number of rotatable bonds is 5. The fourth-order valence-electron chi connectivity index (χ4n) is 3.57. The van der Waals surface area contributed by atoms with Gasteiger partial charge >= 0.3 is 0 Å². The molecule has 0 saturated carbocycles. The Labute approximate surface area is 167 Å². The number of nitrogens with one attached hydrogen (secondary N) is 2. The molecule has 1 aromatic heterocycles. The van der Waals surface area contributed by atoms with Crippen LogP contribution in [-0.2, 0) is 5.75 Å². The van der Waals surface area contributed by atoms with Gasteiger partial charge in [0.05, 0.1) is 0 Å². The number of furan rings is 1. The highest BCUT2D eigenvalue weighted by atomic mass is 32.2. The smallest absolute Gasteiger partial charge is 0.287 e. The Morgan fingerprint density at radius 1 is 1.25 bits per heavy atom. The first-order valence-electron chi connectivity index (χ1n) is 9.52. The van der Waals surface area contributed by atoms with Gasteiger partial charge in [0.1, 0.15) is 11.4 Å². The minimum atomic E-state index is -0.255. The molecule has 2 heterocycles. The number of para-hydroxylation sites is 1. The molecule has 2 unspecified atom stereocenters. The molecule has 2 aromatic carbocycles. The highest BCUT2D eigenvalue weighted by Crippen LogP contribution is 2.32. The van der Waals surface area contributed by atoms with E-state index in [1.165, 1.54) is 12.1 Å². The minimum Gasteiger partial charge on any atom is -0.451 e. The molecular weight excluding hydrogens is 375 g/mol. The van der Waals surface area contributed by atoms with Crippen molar-refractivity contribution in [2.24, 2.45) is 5.92 Å². The first kappa shape index (κ1) is 19.0. The zero-order valence-electron chi connectivity index (χ0n) is 15.7. The zero-order valence-corrected chi connectivity index (χ0v) is 16.5. The van der Waals surface area contributed by atoms with Crippen LogP contribution in [0, 0.1) is 11.7 Å². The second-order valence-electron chi connectivity index (χ2n) is 7.20. The predicted molar refractivity (Wildman–Crippen MR) is 110 cm³/mol. The lowest BCUT2D eigenvalue weighted by Crippen LogP contribution is -2.48. The number of hydrogen-bond donors (Lipinski definition) is 2. The molecular formula is C22H23FN2O2S. The first-order valence-corrected chi connectivity index (χ1v) is 10.5. The van der Waals surface area contributed by atoms with Gasteiger partial charge in [0, 0.05) is 27.6 Å². The number of carbonyl (C=O) groups is 1. The SMILES string of the molecule is CC1CNCCC1NC(=O)c1oc2ccccc2c1CSc1ccc(F)cc1. The van der Waals surface area contributed by atoms with Gasteiger partial charge in [0.15, 0.2) is 5.76 Å². The Kier molecular flexibility index (Phi) is 5.69. The van der Waals surface area contributed by atoms with Gasteiger partial charge in [0.2, 0.25) is 0 Å². The van der Waals surface area contributed by atoms with Crippen LogP contribution in [0.15, 0.2) is 57.8 Å². The maximum Gasteiger partial charge on any atom is 0.287 e. The van der Waals surface area contributed by atoms with E-state index in [1.807, 2.05) is 24.3 Å². The monoisotopic (exact) mass is 398 g/mol. The second-order valence-corrected chi connectivity index (χ2v) is 8.25. The van der Waals surface area contributed by atoms with Gasteiger partial charge in [0.25, 0.3) is 5.91 Å². The summed E-state index contributed by atoms with van der Waals surface area (Å²) < 4.78 is 19.1. The lowest BCUT2D eigenvalue weighted by molar-refractivity contribution is 0.0887. The highest BCUT2D eigenvalue weighted by Gasteiger charge is 2.27. The molecule has 2 N–H and O–H groups in total. The largest absolute Gasteiger partial charge is 0.451 e. The van der Waals surface area contributed by atoms with Crippen LogP contribution in [0.2, 0.25) is 0 Å². The molecule has 4 rings (SSSR count). The van der Waals surface area contributed by atoms with Gasteiger partial charge in [-0.1, -0.05) is 25.1 Å². The van der Waals surface area contributed by atoms with E-state index >= 15 is 0 Å². The van der Waals surface area contributed by atoms with E-state index in [0.29, 0.717) is 23.0 Å². The van der Waals surface area contributed by atoms with Gasteiger partial charge in [-0.3, -0.25) is 4.79 Å². The maximum atomic E-state index is 13.2. The van der Waals surface area contributed by atoms with Crippen LogP contribution in [0.5, 0.6) is 0 Å². The first-order chi connectivity index (χ1) is 13.6. The average molecular weight is 399 g/mol. The van der Waals surface area contributed by atoms with Crippen LogP contribution in [0.3, 0.4) is 0 Å². The van der Waals surface area contributed by atoms with Crippen molar-refractivity contribution in [2.45, 2.75) is 30.0 Å². The quantitative estimate of drug-likeness (QED) is 0.617. The molecule has 2 atom stereocenters. The number of carbonyl (C=O) groups excluding carboxylic acids is 1. The van der Waals surface area contributed by atoms with Crippen LogP contribution in [0.25, 0.3) is 11.0 Å². The molecule has 6 heteroatoms. The van der Waals surface area contributed by atoms with Crippen LogP contribution < -0.4 is 10.6 Å². The third kappa shape index (κ3) is 4.08. The summed E-state index contributed by atoms with van der Waals surface area (Å²) in [5, 5.41) is 7.45. The zero-order chi connectivity index (χ0) is 19.5. The Balaban J connectivity index is 1.59. The highest BCUT2D eigenvalue weighted by molar-refractivity contribution is 7.98. The molecule has 0 aliphatic carbocycles.